The molecule has 0 radical (unpaired) electrons. The molecule has 0 N–H and O–H groups in total. The van der Waals surface area contributed by atoms with Gasteiger partial charge in [-0.2, -0.15) is 0 Å². The van der Waals surface area contributed by atoms with E-state index in [2.05, 4.69) is 23.7 Å². The molecule has 0 atom stereocenters. The Morgan fingerprint density at radius 2 is 2.46 bits per heavy atom. The summed E-state index contributed by atoms with van der Waals surface area (Å²) in [6.07, 6.45) is 8.84. The Kier molecular flexibility index (Phi) is 4.18. The minimum Gasteiger partial charge on any atom is -0.331 e. The second-order valence-corrected chi connectivity index (χ2v) is 3.77. The van der Waals surface area contributed by atoms with Crippen LogP contribution in [0.3, 0.4) is 0 Å². The summed E-state index contributed by atoms with van der Waals surface area (Å²) in [5.41, 5.74) is 1.08. The number of allylic oxidation sites excluding steroid dienone is 2. The van der Waals surface area contributed by atoms with Crippen LogP contribution in [0.15, 0.2) is 28.9 Å². The normalized spacial score (nSPS) is 16.0. The van der Waals surface area contributed by atoms with Crippen molar-refractivity contribution in [2.24, 2.45) is 4.99 Å². The molecule has 0 fully saturated rings. The summed E-state index contributed by atoms with van der Waals surface area (Å²) in [6, 6.07) is 0. The van der Waals surface area contributed by atoms with Gasteiger partial charge in [0.25, 0.3) is 0 Å². The van der Waals surface area contributed by atoms with Crippen LogP contribution in [0.25, 0.3) is 0 Å². The standard InChI is InChI=1S/C9H12N2S2/c1-11(9(12)13)8-4-2-6-10-7-3-5-8/h2,4-5,7H,3,6H2,1H3,(H,12,13). The highest BCUT2D eigenvalue weighted by Gasteiger charge is 2.03. The van der Waals surface area contributed by atoms with Crippen molar-refractivity contribution >= 4 is 35.4 Å². The van der Waals surface area contributed by atoms with E-state index < -0.39 is 0 Å². The molecular weight excluding hydrogens is 200 g/mol. The van der Waals surface area contributed by atoms with Crippen molar-refractivity contribution < 1.29 is 0 Å². The van der Waals surface area contributed by atoms with Crippen LogP contribution in [-0.4, -0.2) is 29.0 Å². The van der Waals surface area contributed by atoms with Crippen molar-refractivity contribution in [2.45, 2.75) is 6.42 Å². The third-order valence-electron chi connectivity index (χ3n) is 1.74. The molecule has 1 aliphatic rings. The van der Waals surface area contributed by atoms with Gasteiger partial charge >= 0.3 is 0 Å². The fourth-order valence-corrected chi connectivity index (χ4v) is 1.20. The lowest BCUT2D eigenvalue weighted by Crippen LogP contribution is -2.19. The molecule has 0 aromatic rings. The summed E-state index contributed by atoms with van der Waals surface area (Å²) in [5.74, 6) is 0. The van der Waals surface area contributed by atoms with Gasteiger partial charge in [0.15, 0.2) is 0 Å². The maximum atomic E-state index is 4.96. The van der Waals surface area contributed by atoms with Gasteiger partial charge in [-0.15, -0.1) is 12.6 Å². The van der Waals surface area contributed by atoms with Crippen molar-refractivity contribution in [3.8, 4) is 0 Å². The number of hydrogen-bond donors (Lipinski definition) is 1. The molecule has 0 saturated heterocycles. The number of thiocarbonyl (C=S) groups is 1. The minimum atomic E-state index is 0.577. The number of likely N-dealkylation sites (N-methyl/N-ethyl adjacent to an activating group) is 1. The van der Waals surface area contributed by atoms with Crippen molar-refractivity contribution in [2.75, 3.05) is 13.6 Å². The van der Waals surface area contributed by atoms with E-state index in [0.29, 0.717) is 4.32 Å². The first kappa shape index (κ1) is 10.5. The molecule has 1 rings (SSSR count). The van der Waals surface area contributed by atoms with Gasteiger partial charge in [0, 0.05) is 25.4 Å². The maximum absolute atomic E-state index is 4.96. The summed E-state index contributed by atoms with van der Waals surface area (Å²) in [5, 5.41) is 0. The Labute approximate surface area is 89.4 Å². The lowest BCUT2D eigenvalue weighted by Gasteiger charge is -2.18. The van der Waals surface area contributed by atoms with Gasteiger partial charge < -0.3 is 4.90 Å². The van der Waals surface area contributed by atoms with Gasteiger partial charge in [0.05, 0.1) is 6.54 Å². The van der Waals surface area contributed by atoms with E-state index in [9.17, 15) is 0 Å². The second kappa shape index (κ2) is 5.19. The van der Waals surface area contributed by atoms with E-state index in [-0.39, 0.29) is 0 Å². The third-order valence-corrected chi connectivity index (χ3v) is 2.31. The molecule has 0 aromatic heterocycles. The molecule has 0 aliphatic carbocycles. The van der Waals surface area contributed by atoms with E-state index >= 15 is 0 Å². The van der Waals surface area contributed by atoms with Crippen LogP contribution in [-0.2, 0) is 0 Å². The van der Waals surface area contributed by atoms with Gasteiger partial charge in [-0.1, -0.05) is 24.4 Å². The average Bonchev–Trinajstić information content (AvgIpc) is 2.02. The Bertz CT molecular complexity index is 279. The van der Waals surface area contributed by atoms with Crippen LogP contribution >= 0.6 is 24.8 Å². The highest BCUT2D eigenvalue weighted by molar-refractivity contribution is 8.10. The van der Waals surface area contributed by atoms with Gasteiger partial charge in [-0.3, -0.25) is 4.99 Å². The van der Waals surface area contributed by atoms with Gasteiger partial charge in [-0.25, -0.2) is 0 Å². The average molecular weight is 212 g/mol. The molecule has 0 amide bonds. The van der Waals surface area contributed by atoms with Crippen LogP contribution in [0.4, 0.5) is 0 Å². The van der Waals surface area contributed by atoms with E-state index in [0.717, 1.165) is 18.7 Å². The molecule has 0 aromatic carbocycles. The number of hydrogen-bond acceptors (Lipinski definition) is 2. The predicted octanol–water partition coefficient (Wildman–Crippen LogP) is 2.05. The third kappa shape index (κ3) is 3.32. The Balaban J connectivity index is 2.77. The van der Waals surface area contributed by atoms with Gasteiger partial charge in [-0.05, 0) is 6.08 Å². The molecule has 4 heteroatoms. The molecule has 0 spiro atoms. The largest absolute Gasteiger partial charge is 0.331 e. The van der Waals surface area contributed by atoms with E-state index in [1.54, 1.807) is 0 Å². The van der Waals surface area contributed by atoms with Crippen LogP contribution in [0.5, 0.6) is 0 Å². The first-order chi connectivity index (χ1) is 6.22. The quantitative estimate of drug-likeness (QED) is 0.529. The number of aliphatic imine (C=N–C) groups is 1. The first-order valence-corrected chi connectivity index (χ1v) is 4.89. The summed E-state index contributed by atoms with van der Waals surface area (Å²) in [6.45, 7) is 0.741. The summed E-state index contributed by atoms with van der Waals surface area (Å²) in [4.78, 5) is 6.01. The Morgan fingerprint density at radius 3 is 3.15 bits per heavy atom. The number of rotatable bonds is 1. The molecule has 0 bridgehead atoms. The fourth-order valence-electron chi connectivity index (χ4n) is 0.984. The Morgan fingerprint density at radius 1 is 1.69 bits per heavy atom. The zero-order valence-corrected chi connectivity index (χ0v) is 9.18. The summed E-state index contributed by atoms with van der Waals surface area (Å²) in [7, 11) is 1.91. The van der Waals surface area contributed by atoms with E-state index in [4.69, 9.17) is 12.2 Å². The molecule has 1 heterocycles. The van der Waals surface area contributed by atoms with Crippen LogP contribution < -0.4 is 0 Å². The second-order valence-electron chi connectivity index (χ2n) is 2.66. The molecule has 70 valence electrons. The van der Waals surface area contributed by atoms with Crippen LogP contribution in [0.1, 0.15) is 6.42 Å². The predicted molar refractivity (Wildman–Crippen MR) is 64.5 cm³/mol. The van der Waals surface area contributed by atoms with Crippen LogP contribution in [0, 0.1) is 0 Å². The van der Waals surface area contributed by atoms with Crippen molar-refractivity contribution in [3.63, 3.8) is 0 Å². The summed E-state index contributed by atoms with van der Waals surface area (Å²) >= 11 is 9.07. The van der Waals surface area contributed by atoms with E-state index in [1.165, 1.54) is 0 Å². The fraction of sp³-hybridized carbons (Fsp3) is 0.333. The van der Waals surface area contributed by atoms with Gasteiger partial charge in [0.2, 0.25) is 0 Å². The first-order valence-electron chi connectivity index (χ1n) is 4.03. The zero-order chi connectivity index (χ0) is 9.68. The zero-order valence-electron chi connectivity index (χ0n) is 7.47. The van der Waals surface area contributed by atoms with Crippen molar-refractivity contribution in [1.82, 2.24) is 4.90 Å². The molecule has 1 aliphatic heterocycles. The molecule has 0 saturated carbocycles. The number of nitrogens with zero attached hydrogens (tertiary/aromatic N) is 2. The van der Waals surface area contributed by atoms with Gasteiger partial charge in [0.1, 0.15) is 4.32 Å². The monoisotopic (exact) mass is 212 g/mol. The van der Waals surface area contributed by atoms with Crippen molar-refractivity contribution in [3.05, 3.63) is 23.9 Å². The molecule has 13 heavy (non-hydrogen) atoms. The Hall–Kier alpha value is -0.610. The minimum absolute atomic E-state index is 0.577. The van der Waals surface area contributed by atoms with Crippen LogP contribution in [0.2, 0.25) is 0 Å². The molecule has 2 nitrogen and oxygen atoms in total. The highest BCUT2D eigenvalue weighted by atomic mass is 32.1. The van der Waals surface area contributed by atoms with Crippen molar-refractivity contribution in [1.29, 1.82) is 0 Å². The highest BCUT2D eigenvalue weighted by Crippen LogP contribution is 2.09. The lowest BCUT2D eigenvalue weighted by molar-refractivity contribution is 0.669. The molecular formula is C9H12N2S2. The lowest BCUT2D eigenvalue weighted by atomic mass is 10.2. The summed E-state index contributed by atoms with van der Waals surface area (Å²) < 4.78 is 0.577. The SMILES string of the molecule is CN(C(=S)S)C1=CCC=NCC=C1. The topological polar surface area (TPSA) is 15.6 Å². The maximum Gasteiger partial charge on any atom is 0.137 e. The number of thiol groups is 1. The smallest absolute Gasteiger partial charge is 0.137 e. The molecule has 0 unspecified atom stereocenters. The van der Waals surface area contributed by atoms with E-state index in [1.807, 2.05) is 30.3 Å².